The molecule has 1 saturated heterocycles. The molecule has 0 aromatic carbocycles. The van der Waals surface area contributed by atoms with E-state index >= 15 is 0 Å². The Hall–Kier alpha value is -0.960. The first-order valence-electron chi connectivity index (χ1n) is 6.27. The minimum atomic E-state index is -3.56. The van der Waals surface area contributed by atoms with E-state index in [0.717, 1.165) is 0 Å². The Morgan fingerprint density at radius 3 is 3.00 bits per heavy atom. The zero-order chi connectivity index (χ0) is 14.0. The molecule has 1 aromatic rings. The second-order valence-corrected chi connectivity index (χ2v) is 6.65. The van der Waals surface area contributed by atoms with Gasteiger partial charge in [-0.1, -0.05) is 0 Å². The van der Waals surface area contributed by atoms with Gasteiger partial charge in [0.15, 0.2) is 5.03 Å². The number of hydrogen-bond acceptors (Lipinski definition) is 5. The number of aromatic nitrogens is 2. The summed E-state index contributed by atoms with van der Waals surface area (Å²) in [6.07, 6.45) is 1.44. The van der Waals surface area contributed by atoms with Crippen LogP contribution in [-0.4, -0.2) is 55.3 Å². The van der Waals surface area contributed by atoms with Crippen molar-refractivity contribution in [3.05, 3.63) is 11.8 Å². The molecule has 108 valence electrons. The molecule has 2 heterocycles. The first-order chi connectivity index (χ1) is 8.96. The quantitative estimate of drug-likeness (QED) is 0.809. The van der Waals surface area contributed by atoms with Crippen LogP contribution in [0.25, 0.3) is 0 Å². The van der Waals surface area contributed by atoms with Crippen LogP contribution >= 0.6 is 0 Å². The molecular formula is C11H20N4O3S. The zero-order valence-corrected chi connectivity index (χ0v) is 12.2. The van der Waals surface area contributed by atoms with Crippen molar-refractivity contribution in [1.29, 1.82) is 0 Å². The lowest BCUT2D eigenvalue weighted by Crippen LogP contribution is -2.50. The minimum absolute atomic E-state index is 0.0957. The smallest absolute Gasteiger partial charge is 0.260 e. The van der Waals surface area contributed by atoms with Crippen LogP contribution in [0.1, 0.15) is 19.4 Å². The SMILES string of the molecule is CNCc1cn[nH]c1S(=O)(=O)N1CC(C)OCC1C. The fourth-order valence-corrected chi connectivity index (χ4v) is 3.96. The molecule has 1 aliphatic rings. The average Bonchev–Trinajstić information content (AvgIpc) is 2.81. The maximum Gasteiger partial charge on any atom is 0.260 e. The van der Waals surface area contributed by atoms with Crippen LogP contribution in [0.2, 0.25) is 0 Å². The van der Waals surface area contributed by atoms with Crippen molar-refractivity contribution in [2.24, 2.45) is 0 Å². The summed E-state index contributed by atoms with van der Waals surface area (Å²) < 4.78 is 32.3. The monoisotopic (exact) mass is 288 g/mol. The lowest BCUT2D eigenvalue weighted by molar-refractivity contribution is -0.0171. The molecule has 2 N–H and O–H groups in total. The molecule has 2 unspecified atom stereocenters. The van der Waals surface area contributed by atoms with Crippen molar-refractivity contribution >= 4 is 10.0 Å². The number of hydrogen-bond donors (Lipinski definition) is 2. The highest BCUT2D eigenvalue weighted by molar-refractivity contribution is 7.89. The van der Waals surface area contributed by atoms with Gasteiger partial charge in [0, 0.05) is 24.7 Å². The molecule has 0 bridgehead atoms. The number of H-pyrrole nitrogens is 1. The Bertz CT molecular complexity index is 528. The van der Waals surface area contributed by atoms with Crippen LogP contribution in [0.3, 0.4) is 0 Å². The van der Waals surface area contributed by atoms with Gasteiger partial charge in [0.1, 0.15) is 0 Å². The standard InChI is InChI=1S/C11H20N4O3S/c1-8-7-18-9(2)6-15(8)19(16,17)11-10(4-12-3)5-13-14-11/h5,8-9,12H,4,6-7H2,1-3H3,(H,13,14). The fourth-order valence-electron chi connectivity index (χ4n) is 2.16. The number of aromatic amines is 1. The van der Waals surface area contributed by atoms with E-state index in [1.54, 1.807) is 7.05 Å². The van der Waals surface area contributed by atoms with Gasteiger partial charge in [-0.25, -0.2) is 8.42 Å². The molecular weight excluding hydrogens is 268 g/mol. The zero-order valence-electron chi connectivity index (χ0n) is 11.4. The van der Waals surface area contributed by atoms with E-state index in [1.807, 2.05) is 13.8 Å². The first-order valence-corrected chi connectivity index (χ1v) is 7.71. The van der Waals surface area contributed by atoms with Gasteiger partial charge < -0.3 is 10.1 Å². The number of nitrogens with zero attached hydrogens (tertiary/aromatic N) is 2. The summed E-state index contributed by atoms with van der Waals surface area (Å²) in [5, 5.41) is 9.55. The number of ether oxygens (including phenoxy) is 1. The lowest BCUT2D eigenvalue weighted by atomic mass is 10.2. The Labute approximate surface area is 113 Å². The summed E-state index contributed by atoms with van der Waals surface area (Å²) in [7, 11) is -1.79. The fraction of sp³-hybridized carbons (Fsp3) is 0.727. The van der Waals surface area contributed by atoms with E-state index < -0.39 is 10.0 Å². The molecule has 2 rings (SSSR count). The van der Waals surface area contributed by atoms with Crippen LogP contribution in [-0.2, 0) is 21.3 Å². The average molecular weight is 288 g/mol. The second kappa shape index (κ2) is 5.58. The summed E-state index contributed by atoms with van der Waals surface area (Å²) in [6, 6.07) is -0.174. The molecule has 2 atom stereocenters. The Morgan fingerprint density at radius 2 is 2.32 bits per heavy atom. The van der Waals surface area contributed by atoms with Gasteiger partial charge >= 0.3 is 0 Å². The topological polar surface area (TPSA) is 87.3 Å². The van der Waals surface area contributed by atoms with Crippen LogP contribution in [0, 0.1) is 0 Å². The molecule has 0 aliphatic carbocycles. The normalized spacial score (nSPS) is 25.6. The number of sulfonamides is 1. The van der Waals surface area contributed by atoms with Crippen LogP contribution in [0.4, 0.5) is 0 Å². The third kappa shape index (κ3) is 2.81. The maximum absolute atomic E-state index is 12.7. The highest BCUT2D eigenvalue weighted by atomic mass is 32.2. The summed E-state index contributed by atoms with van der Waals surface area (Å²) in [5.74, 6) is 0. The van der Waals surface area contributed by atoms with Gasteiger partial charge in [-0.15, -0.1) is 0 Å². The Kier molecular flexibility index (Phi) is 4.24. The van der Waals surface area contributed by atoms with Crippen molar-refractivity contribution in [1.82, 2.24) is 19.8 Å². The van der Waals surface area contributed by atoms with Crippen molar-refractivity contribution in [3.8, 4) is 0 Å². The van der Waals surface area contributed by atoms with E-state index in [9.17, 15) is 8.42 Å². The predicted molar refractivity (Wildman–Crippen MR) is 70.1 cm³/mol. The third-order valence-electron chi connectivity index (χ3n) is 3.16. The van der Waals surface area contributed by atoms with Gasteiger partial charge in [-0.2, -0.15) is 9.40 Å². The lowest BCUT2D eigenvalue weighted by Gasteiger charge is -2.35. The molecule has 0 amide bonds. The molecule has 0 spiro atoms. The Morgan fingerprint density at radius 1 is 1.58 bits per heavy atom. The van der Waals surface area contributed by atoms with Gasteiger partial charge in [0.2, 0.25) is 0 Å². The summed E-state index contributed by atoms with van der Waals surface area (Å²) in [5.41, 5.74) is 0.647. The number of morpholine rings is 1. The van der Waals surface area contributed by atoms with Crippen molar-refractivity contribution in [2.45, 2.75) is 37.6 Å². The molecule has 0 saturated carbocycles. The molecule has 0 radical (unpaired) electrons. The summed E-state index contributed by atoms with van der Waals surface area (Å²) >= 11 is 0. The van der Waals surface area contributed by atoms with Crippen LogP contribution in [0.5, 0.6) is 0 Å². The highest BCUT2D eigenvalue weighted by Gasteiger charge is 2.36. The van der Waals surface area contributed by atoms with E-state index in [1.165, 1.54) is 10.5 Å². The molecule has 7 nitrogen and oxygen atoms in total. The van der Waals surface area contributed by atoms with Crippen molar-refractivity contribution in [3.63, 3.8) is 0 Å². The third-order valence-corrected chi connectivity index (χ3v) is 5.16. The molecule has 8 heteroatoms. The van der Waals surface area contributed by atoms with Crippen molar-refractivity contribution in [2.75, 3.05) is 20.2 Å². The predicted octanol–water partition coefficient (Wildman–Crippen LogP) is -0.0730. The Balaban J connectivity index is 2.33. The molecule has 19 heavy (non-hydrogen) atoms. The van der Waals surface area contributed by atoms with Crippen LogP contribution in [0.15, 0.2) is 11.2 Å². The molecule has 1 fully saturated rings. The highest BCUT2D eigenvalue weighted by Crippen LogP contribution is 2.23. The van der Waals surface area contributed by atoms with E-state index in [0.29, 0.717) is 25.3 Å². The second-order valence-electron chi connectivity index (χ2n) is 4.82. The van der Waals surface area contributed by atoms with E-state index in [-0.39, 0.29) is 17.2 Å². The minimum Gasteiger partial charge on any atom is -0.375 e. The summed E-state index contributed by atoms with van der Waals surface area (Å²) in [4.78, 5) is 0. The summed E-state index contributed by atoms with van der Waals surface area (Å²) in [6.45, 7) is 4.95. The van der Waals surface area contributed by atoms with Gasteiger partial charge in [-0.05, 0) is 20.9 Å². The maximum atomic E-state index is 12.7. The van der Waals surface area contributed by atoms with Gasteiger partial charge in [-0.3, -0.25) is 5.10 Å². The van der Waals surface area contributed by atoms with E-state index in [4.69, 9.17) is 4.74 Å². The largest absolute Gasteiger partial charge is 0.375 e. The van der Waals surface area contributed by atoms with Gasteiger partial charge in [0.05, 0.1) is 18.9 Å². The van der Waals surface area contributed by atoms with E-state index in [2.05, 4.69) is 15.5 Å². The molecule has 1 aliphatic heterocycles. The van der Waals surface area contributed by atoms with Crippen molar-refractivity contribution < 1.29 is 13.2 Å². The number of rotatable bonds is 4. The number of nitrogens with one attached hydrogen (secondary N) is 2. The molecule has 1 aromatic heterocycles. The van der Waals surface area contributed by atoms with Gasteiger partial charge in [0.25, 0.3) is 10.0 Å². The van der Waals surface area contributed by atoms with Crippen LogP contribution < -0.4 is 5.32 Å². The first kappa shape index (κ1) is 14.4.